The Morgan fingerprint density at radius 3 is 2.54 bits per heavy atom. The fourth-order valence-corrected chi connectivity index (χ4v) is 4.50. The molecule has 1 heterocycles. The van der Waals surface area contributed by atoms with Crippen LogP contribution in [0.3, 0.4) is 0 Å². The molecule has 1 saturated heterocycles. The Bertz CT molecular complexity index is 838. The summed E-state index contributed by atoms with van der Waals surface area (Å²) in [5, 5.41) is 7.87. The first kappa shape index (κ1) is 19.8. The van der Waals surface area contributed by atoms with Gasteiger partial charge in [0, 0.05) is 13.5 Å². The Labute approximate surface area is 152 Å². The van der Waals surface area contributed by atoms with E-state index in [1.165, 1.54) is 36.7 Å². The maximum Gasteiger partial charge on any atom is 0.266 e. The molecular formula is C17H20N2O6S. The highest BCUT2D eigenvalue weighted by Crippen LogP contribution is 2.29. The van der Waals surface area contributed by atoms with Gasteiger partial charge in [0.25, 0.3) is 5.91 Å². The maximum atomic E-state index is 12.8. The first-order valence-electron chi connectivity index (χ1n) is 7.88. The number of rotatable bonds is 5. The second kappa shape index (κ2) is 8.21. The number of nitrogens with one attached hydrogen (secondary N) is 1. The van der Waals surface area contributed by atoms with E-state index >= 15 is 0 Å². The van der Waals surface area contributed by atoms with Gasteiger partial charge in [0.2, 0.25) is 5.91 Å². The van der Waals surface area contributed by atoms with Gasteiger partial charge in [-0.2, -0.15) is 0 Å². The van der Waals surface area contributed by atoms with Crippen LogP contribution in [0.4, 0.5) is 0 Å². The topological polar surface area (TPSA) is 113 Å². The third-order valence-electron chi connectivity index (χ3n) is 4.16. The number of hydrogen-bond donors (Lipinski definition) is 2. The number of carbonyl (C=O) groups excluding carboxylic acids is 2. The molecule has 1 aromatic rings. The van der Waals surface area contributed by atoms with E-state index in [9.17, 15) is 18.0 Å². The molecule has 0 bridgehead atoms. The van der Waals surface area contributed by atoms with E-state index in [1.54, 1.807) is 6.92 Å². The van der Waals surface area contributed by atoms with E-state index in [4.69, 9.17) is 9.94 Å². The number of benzene rings is 1. The van der Waals surface area contributed by atoms with E-state index in [0.29, 0.717) is 5.75 Å². The lowest BCUT2D eigenvalue weighted by Crippen LogP contribution is -2.44. The van der Waals surface area contributed by atoms with Crippen molar-refractivity contribution in [1.82, 2.24) is 10.4 Å². The minimum atomic E-state index is -3.76. The number of carbonyl (C=O) groups is 2. The van der Waals surface area contributed by atoms with Gasteiger partial charge in [0.1, 0.15) is 18.4 Å². The smallest absolute Gasteiger partial charge is 0.266 e. The van der Waals surface area contributed by atoms with Crippen molar-refractivity contribution in [2.24, 2.45) is 0 Å². The molecule has 8 nitrogen and oxygen atoms in total. The van der Waals surface area contributed by atoms with Crippen molar-refractivity contribution < 1.29 is 28.0 Å². The van der Waals surface area contributed by atoms with Crippen LogP contribution in [-0.2, 0) is 19.4 Å². The Kier molecular flexibility index (Phi) is 6.23. The van der Waals surface area contributed by atoms with Crippen LogP contribution in [0.25, 0.3) is 0 Å². The number of hydrogen-bond acceptors (Lipinski definition) is 6. The van der Waals surface area contributed by atoms with Crippen LogP contribution in [0.5, 0.6) is 5.75 Å². The summed E-state index contributed by atoms with van der Waals surface area (Å²) in [7, 11) is -3.76. The molecule has 0 aliphatic carbocycles. The number of likely N-dealkylation sites (tertiary alicyclic amines) is 1. The number of amides is 2. The second-order valence-electron chi connectivity index (χ2n) is 5.75. The summed E-state index contributed by atoms with van der Waals surface area (Å²) in [5.41, 5.74) is 1.48. The molecule has 0 unspecified atom stereocenters. The van der Waals surface area contributed by atoms with Crippen molar-refractivity contribution >= 4 is 21.7 Å². The summed E-state index contributed by atoms with van der Waals surface area (Å²) in [6, 6.07) is 4.87. The van der Waals surface area contributed by atoms with Crippen LogP contribution < -0.4 is 10.2 Å². The minimum Gasteiger partial charge on any atom is -0.481 e. The standard InChI is InChI=1S/C17H20N2O6S/c1-3-4-9-25-13-5-7-14(8-6-13)26(23,24)15-10-16(17(21)18-22)19(11-15)12(2)20/h5-8,15-16,22H,9-11H2,1-2H3,(H,18,21)/t15-,16+/m1/s1. The molecule has 0 aromatic heterocycles. The predicted molar refractivity (Wildman–Crippen MR) is 92.1 cm³/mol. The zero-order valence-corrected chi connectivity index (χ0v) is 15.2. The van der Waals surface area contributed by atoms with Gasteiger partial charge in [-0.05, 0) is 37.6 Å². The monoisotopic (exact) mass is 380 g/mol. The SMILES string of the molecule is CC#CCOc1ccc(S(=O)(=O)[C@@H]2C[C@@H](C(=O)NO)N(C(C)=O)C2)cc1. The lowest BCUT2D eigenvalue weighted by atomic mass is 10.2. The van der Waals surface area contributed by atoms with Crippen LogP contribution in [0, 0.1) is 11.8 Å². The number of ether oxygens (including phenoxy) is 1. The van der Waals surface area contributed by atoms with Crippen LogP contribution in [0.2, 0.25) is 0 Å². The van der Waals surface area contributed by atoms with Gasteiger partial charge in [0.05, 0.1) is 10.1 Å². The molecule has 2 atom stereocenters. The minimum absolute atomic E-state index is 0.0741. The third-order valence-corrected chi connectivity index (χ3v) is 6.31. The Balaban J connectivity index is 2.20. The molecule has 1 aliphatic rings. The van der Waals surface area contributed by atoms with Crippen molar-refractivity contribution in [2.75, 3.05) is 13.2 Å². The van der Waals surface area contributed by atoms with Crippen molar-refractivity contribution in [2.45, 2.75) is 36.5 Å². The lowest BCUT2D eigenvalue weighted by molar-refractivity contribution is -0.141. The number of sulfone groups is 1. The average Bonchev–Trinajstić information content (AvgIpc) is 3.08. The lowest BCUT2D eigenvalue weighted by Gasteiger charge is -2.20. The summed E-state index contributed by atoms with van der Waals surface area (Å²) in [5.74, 6) is 4.67. The summed E-state index contributed by atoms with van der Waals surface area (Å²) in [4.78, 5) is 24.6. The van der Waals surface area contributed by atoms with Crippen molar-refractivity contribution in [1.29, 1.82) is 0 Å². The molecule has 2 N–H and O–H groups in total. The molecule has 1 aliphatic heterocycles. The third kappa shape index (κ3) is 4.15. The van der Waals surface area contributed by atoms with E-state index in [1.807, 2.05) is 0 Å². The molecular weight excluding hydrogens is 360 g/mol. The Morgan fingerprint density at radius 1 is 1.35 bits per heavy atom. The van der Waals surface area contributed by atoms with Gasteiger partial charge in [-0.25, -0.2) is 13.9 Å². The summed E-state index contributed by atoms with van der Waals surface area (Å²) < 4.78 is 31.0. The van der Waals surface area contributed by atoms with Gasteiger partial charge in [-0.15, -0.1) is 5.92 Å². The summed E-state index contributed by atoms with van der Waals surface area (Å²) >= 11 is 0. The largest absolute Gasteiger partial charge is 0.481 e. The van der Waals surface area contributed by atoms with Gasteiger partial charge in [-0.1, -0.05) is 5.92 Å². The van der Waals surface area contributed by atoms with Crippen LogP contribution in [-0.4, -0.2) is 54.8 Å². The van der Waals surface area contributed by atoms with E-state index in [2.05, 4.69) is 11.8 Å². The van der Waals surface area contributed by atoms with Crippen LogP contribution in [0.15, 0.2) is 29.2 Å². The van der Waals surface area contributed by atoms with E-state index in [0.717, 1.165) is 4.90 Å². The van der Waals surface area contributed by atoms with Gasteiger partial charge in [-0.3, -0.25) is 14.8 Å². The highest BCUT2D eigenvalue weighted by molar-refractivity contribution is 7.92. The highest BCUT2D eigenvalue weighted by atomic mass is 32.2. The molecule has 0 spiro atoms. The molecule has 1 aromatic carbocycles. The van der Waals surface area contributed by atoms with Crippen molar-refractivity contribution in [3.63, 3.8) is 0 Å². The second-order valence-corrected chi connectivity index (χ2v) is 7.98. The molecule has 0 saturated carbocycles. The molecule has 2 amide bonds. The summed E-state index contributed by atoms with van der Waals surface area (Å²) in [6.45, 7) is 3.03. The van der Waals surface area contributed by atoms with E-state index < -0.39 is 32.9 Å². The van der Waals surface area contributed by atoms with E-state index in [-0.39, 0.29) is 24.5 Å². The first-order chi connectivity index (χ1) is 12.3. The van der Waals surface area contributed by atoms with Crippen LogP contribution in [0.1, 0.15) is 20.3 Å². The Morgan fingerprint density at radius 2 is 2.00 bits per heavy atom. The first-order valence-corrected chi connectivity index (χ1v) is 9.43. The van der Waals surface area contributed by atoms with Gasteiger partial charge < -0.3 is 9.64 Å². The zero-order valence-electron chi connectivity index (χ0n) is 14.4. The van der Waals surface area contributed by atoms with Crippen molar-refractivity contribution in [3.8, 4) is 17.6 Å². The zero-order chi connectivity index (χ0) is 19.3. The normalized spacial score (nSPS) is 19.4. The average molecular weight is 380 g/mol. The molecule has 1 fully saturated rings. The maximum absolute atomic E-state index is 12.8. The molecule has 140 valence electrons. The summed E-state index contributed by atoms with van der Waals surface area (Å²) in [6.07, 6.45) is -0.0847. The molecule has 26 heavy (non-hydrogen) atoms. The van der Waals surface area contributed by atoms with Crippen LogP contribution >= 0.6 is 0 Å². The molecule has 9 heteroatoms. The van der Waals surface area contributed by atoms with Gasteiger partial charge >= 0.3 is 0 Å². The van der Waals surface area contributed by atoms with Crippen molar-refractivity contribution in [3.05, 3.63) is 24.3 Å². The Hall–Kier alpha value is -2.57. The van der Waals surface area contributed by atoms with Gasteiger partial charge in [0.15, 0.2) is 9.84 Å². The fourth-order valence-electron chi connectivity index (χ4n) is 2.80. The number of nitrogens with zero attached hydrogens (tertiary/aromatic N) is 1. The fraction of sp³-hybridized carbons (Fsp3) is 0.412. The molecule has 2 rings (SSSR count). The highest BCUT2D eigenvalue weighted by Gasteiger charge is 2.44. The molecule has 0 radical (unpaired) electrons. The number of hydroxylamine groups is 1. The quantitative estimate of drug-likeness (QED) is 0.433. The predicted octanol–water partition coefficient (Wildman–Crippen LogP) is 0.357.